The van der Waals surface area contributed by atoms with E-state index in [4.69, 9.17) is 0 Å². The number of hydrogen-bond acceptors (Lipinski definition) is 2. The van der Waals surface area contributed by atoms with Crippen LogP contribution in [-0.2, 0) is 4.79 Å². The number of nitrogens with one attached hydrogen (secondary N) is 1. The molecule has 0 radical (unpaired) electrons. The number of carbonyl (C=O) groups excluding carboxylic acids is 1. The van der Waals surface area contributed by atoms with Crippen molar-refractivity contribution >= 4 is 5.78 Å². The Hall–Kier alpha value is -0.580. The summed E-state index contributed by atoms with van der Waals surface area (Å²) in [4.78, 5) is 11.0. The molecule has 1 N–H and O–H groups in total. The zero-order valence-electron chi connectivity index (χ0n) is 7.86. The number of rotatable bonds is 6. The Balaban J connectivity index is 1.96. The fraction of sp³-hybridized carbons (Fsp3) is 0.889. The van der Waals surface area contributed by atoms with Crippen molar-refractivity contribution in [3.63, 3.8) is 0 Å². The molecule has 14 heavy (non-hydrogen) atoms. The Morgan fingerprint density at radius 3 is 2.50 bits per heavy atom. The molecular formula is C9H14F3NO. The topological polar surface area (TPSA) is 29.1 Å². The van der Waals surface area contributed by atoms with Crippen LogP contribution in [0, 0.1) is 5.92 Å². The highest BCUT2D eigenvalue weighted by molar-refractivity contribution is 5.80. The minimum atomic E-state index is -4.23. The molecule has 82 valence electrons. The molecule has 1 aliphatic rings. The number of alkyl halides is 3. The first-order valence-electron chi connectivity index (χ1n) is 4.76. The fourth-order valence-corrected chi connectivity index (χ4v) is 1.20. The number of Topliss-reactive ketones (excluding diaryl/α,β-unsaturated/α-hetero) is 1. The summed E-state index contributed by atoms with van der Waals surface area (Å²) in [6.07, 6.45) is -0.634. The minimum absolute atomic E-state index is 0.124. The van der Waals surface area contributed by atoms with Gasteiger partial charge in [-0.3, -0.25) is 4.79 Å². The lowest BCUT2D eigenvalue weighted by atomic mass is 10.1. The van der Waals surface area contributed by atoms with Crippen molar-refractivity contribution in [3.05, 3.63) is 0 Å². The van der Waals surface area contributed by atoms with Crippen LogP contribution in [0.25, 0.3) is 0 Å². The molecule has 0 saturated heterocycles. The smallest absolute Gasteiger partial charge is 0.302 e. The summed E-state index contributed by atoms with van der Waals surface area (Å²) in [6.45, 7) is -1.24. The van der Waals surface area contributed by atoms with Gasteiger partial charge in [-0.1, -0.05) is 12.8 Å². The summed E-state index contributed by atoms with van der Waals surface area (Å²) in [5.74, 6) is 0.530. The number of hydrogen-bond donors (Lipinski definition) is 1. The summed E-state index contributed by atoms with van der Waals surface area (Å²) in [7, 11) is 0. The van der Waals surface area contributed by atoms with Gasteiger partial charge in [0.1, 0.15) is 5.78 Å². The molecule has 0 atom stereocenters. The third kappa shape index (κ3) is 5.96. The lowest BCUT2D eigenvalue weighted by molar-refractivity contribution is -0.127. The predicted octanol–water partition coefficient (Wildman–Crippen LogP) is 1.90. The van der Waals surface area contributed by atoms with Gasteiger partial charge in [0.05, 0.1) is 13.1 Å². The van der Waals surface area contributed by atoms with Crippen LogP contribution in [0.15, 0.2) is 0 Å². The quantitative estimate of drug-likeness (QED) is 0.723. The van der Waals surface area contributed by atoms with E-state index in [1.165, 1.54) is 12.8 Å². The largest absolute Gasteiger partial charge is 0.401 e. The third-order valence-corrected chi connectivity index (χ3v) is 2.18. The van der Waals surface area contributed by atoms with E-state index in [0.29, 0.717) is 12.3 Å². The van der Waals surface area contributed by atoms with E-state index in [1.54, 1.807) is 0 Å². The van der Waals surface area contributed by atoms with E-state index in [2.05, 4.69) is 5.32 Å². The van der Waals surface area contributed by atoms with Crippen molar-refractivity contribution in [2.24, 2.45) is 5.92 Å². The molecule has 5 heteroatoms. The van der Waals surface area contributed by atoms with Crippen molar-refractivity contribution in [2.75, 3.05) is 13.1 Å². The Bertz CT molecular complexity index is 199. The normalized spacial score (nSPS) is 17.1. The maximum absolute atomic E-state index is 11.7. The van der Waals surface area contributed by atoms with Gasteiger partial charge in [-0.25, -0.2) is 0 Å². The highest BCUT2D eigenvalue weighted by Gasteiger charge is 2.26. The highest BCUT2D eigenvalue weighted by Crippen LogP contribution is 2.33. The van der Waals surface area contributed by atoms with E-state index in [9.17, 15) is 18.0 Å². The number of carbonyl (C=O) groups is 1. The van der Waals surface area contributed by atoms with Crippen LogP contribution < -0.4 is 5.32 Å². The van der Waals surface area contributed by atoms with Gasteiger partial charge in [-0.2, -0.15) is 13.2 Å². The summed E-state index contributed by atoms with van der Waals surface area (Å²) < 4.78 is 35.0. The average molecular weight is 209 g/mol. The molecule has 0 aromatic rings. The Kier molecular flexibility index (Phi) is 3.92. The maximum Gasteiger partial charge on any atom is 0.401 e. The van der Waals surface area contributed by atoms with Gasteiger partial charge in [0.15, 0.2) is 0 Å². The molecule has 1 fully saturated rings. The zero-order valence-corrected chi connectivity index (χ0v) is 7.86. The van der Waals surface area contributed by atoms with E-state index in [-0.39, 0.29) is 12.3 Å². The molecule has 0 amide bonds. The van der Waals surface area contributed by atoms with E-state index < -0.39 is 12.7 Å². The first-order chi connectivity index (χ1) is 6.47. The van der Waals surface area contributed by atoms with Crippen LogP contribution in [0.4, 0.5) is 13.2 Å². The van der Waals surface area contributed by atoms with Gasteiger partial charge in [0.2, 0.25) is 0 Å². The third-order valence-electron chi connectivity index (χ3n) is 2.18. The monoisotopic (exact) mass is 209 g/mol. The van der Waals surface area contributed by atoms with Crippen molar-refractivity contribution in [3.8, 4) is 0 Å². The molecular weight excluding hydrogens is 195 g/mol. The van der Waals surface area contributed by atoms with Gasteiger partial charge in [0, 0.05) is 6.42 Å². The lowest BCUT2D eigenvalue weighted by Gasteiger charge is -2.07. The summed E-state index contributed by atoms with van der Waals surface area (Å²) >= 11 is 0. The number of halogens is 3. The molecule has 1 aliphatic carbocycles. The van der Waals surface area contributed by atoms with Gasteiger partial charge in [-0.15, -0.1) is 0 Å². The standard InChI is InChI=1S/C9H14F3NO/c10-9(11,12)6-13-5-8(14)4-3-7-1-2-7/h7,13H,1-6H2. The first-order valence-corrected chi connectivity index (χ1v) is 4.76. The molecule has 2 nitrogen and oxygen atoms in total. The first kappa shape index (κ1) is 11.5. The number of ketones is 1. The molecule has 0 aromatic heterocycles. The summed E-state index contributed by atoms with van der Waals surface area (Å²) in [5.41, 5.74) is 0. The van der Waals surface area contributed by atoms with Crippen LogP contribution in [-0.4, -0.2) is 25.0 Å². The van der Waals surface area contributed by atoms with Gasteiger partial charge in [-0.05, 0) is 12.3 Å². The molecule has 0 aliphatic heterocycles. The second-order valence-electron chi connectivity index (χ2n) is 3.74. The van der Waals surface area contributed by atoms with Gasteiger partial charge >= 0.3 is 6.18 Å². The second-order valence-corrected chi connectivity index (χ2v) is 3.74. The van der Waals surface area contributed by atoms with E-state index in [0.717, 1.165) is 6.42 Å². The van der Waals surface area contributed by atoms with Crippen LogP contribution in [0.1, 0.15) is 25.7 Å². The molecule has 0 spiro atoms. The lowest BCUT2D eigenvalue weighted by Crippen LogP contribution is -2.32. The van der Waals surface area contributed by atoms with Crippen molar-refractivity contribution in [1.29, 1.82) is 0 Å². The van der Waals surface area contributed by atoms with Crippen LogP contribution in [0.2, 0.25) is 0 Å². The van der Waals surface area contributed by atoms with E-state index in [1.807, 2.05) is 0 Å². The highest BCUT2D eigenvalue weighted by atomic mass is 19.4. The minimum Gasteiger partial charge on any atom is -0.302 e. The van der Waals surface area contributed by atoms with E-state index >= 15 is 0 Å². The molecule has 0 unspecified atom stereocenters. The molecule has 0 aromatic carbocycles. The molecule has 1 saturated carbocycles. The maximum atomic E-state index is 11.7. The SMILES string of the molecule is O=C(CCC1CC1)CNCC(F)(F)F. The second kappa shape index (κ2) is 4.77. The van der Waals surface area contributed by atoms with Crippen LogP contribution >= 0.6 is 0 Å². The fourth-order valence-electron chi connectivity index (χ4n) is 1.20. The van der Waals surface area contributed by atoms with Crippen molar-refractivity contribution in [2.45, 2.75) is 31.9 Å². The average Bonchev–Trinajstić information content (AvgIpc) is 2.81. The molecule has 1 rings (SSSR count). The van der Waals surface area contributed by atoms with Gasteiger partial charge in [0.25, 0.3) is 0 Å². The van der Waals surface area contributed by atoms with Crippen LogP contribution in [0.3, 0.4) is 0 Å². The van der Waals surface area contributed by atoms with Crippen molar-refractivity contribution in [1.82, 2.24) is 5.32 Å². The van der Waals surface area contributed by atoms with Crippen molar-refractivity contribution < 1.29 is 18.0 Å². The van der Waals surface area contributed by atoms with Gasteiger partial charge < -0.3 is 5.32 Å². The van der Waals surface area contributed by atoms with Crippen LogP contribution in [0.5, 0.6) is 0 Å². The molecule has 0 heterocycles. The molecule has 0 bridgehead atoms. The Labute approximate surface area is 80.9 Å². The Morgan fingerprint density at radius 2 is 2.00 bits per heavy atom. The zero-order chi connectivity index (χ0) is 10.6. The predicted molar refractivity (Wildman–Crippen MR) is 45.9 cm³/mol. The summed E-state index contributed by atoms with van der Waals surface area (Å²) in [6, 6.07) is 0. The Morgan fingerprint density at radius 1 is 1.36 bits per heavy atom. The summed E-state index contributed by atoms with van der Waals surface area (Å²) in [5, 5.41) is 2.09.